The molecule has 1 aliphatic heterocycles. The van der Waals surface area contributed by atoms with E-state index in [4.69, 9.17) is 10.5 Å². The third-order valence-corrected chi connectivity index (χ3v) is 4.81. The second kappa shape index (κ2) is 10.2. The summed E-state index contributed by atoms with van der Waals surface area (Å²) in [5, 5.41) is 2.28. The van der Waals surface area contributed by atoms with Crippen molar-refractivity contribution >= 4 is 46.7 Å². The van der Waals surface area contributed by atoms with E-state index in [1.54, 1.807) is 12.4 Å². The molecule has 1 saturated heterocycles. The highest BCUT2D eigenvalue weighted by atomic mass is 127. The van der Waals surface area contributed by atoms with Crippen molar-refractivity contribution in [1.29, 1.82) is 0 Å². The molecule has 2 heterocycles. The van der Waals surface area contributed by atoms with E-state index in [-0.39, 0.29) is 24.0 Å². The zero-order valence-corrected chi connectivity index (χ0v) is 18.5. The molecule has 1 aliphatic rings. The number of benzene rings is 2. The van der Waals surface area contributed by atoms with Crippen LogP contribution in [0, 0.1) is 0 Å². The summed E-state index contributed by atoms with van der Waals surface area (Å²) in [6.07, 6.45) is 3.53. The zero-order chi connectivity index (χ0) is 19.2. The normalized spacial score (nSPS) is 14.6. The summed E-state index contributed by atoms with van der Waals surface area (Å²) in [7, 11) is 0. The van der Waals surface area contributed by atoms with Gasteiger partial charge in [-0.1, -0.05) is 36.4 Å². The van der Waals surface area contributed by atoms with Gasteiger partial charge in [-0.2, -0.15) is 0 Å². The third-order valence-electron chi connectivity index (χ3n) is 4.81. The Morgan fingerprint density at radius 3 is 2.48 bits per heavy atom. The molecule has 4 rings (SSSR count). The molecule has 0 saturated carbocycles. The highest BCUT2D eigenvalue weighted by Crippen LogP contribution is 2.24. The third kappa shape index (κ3) is 5.26. The molecule has 2 aromatic carbocycles. The van der Waals surface area contributed by atoms with Crippen LogP contribution in [-0.4, -0.2) is 60.2 Å². The van der Waals surface area contributed by atoms with Crippen LogP contribution in [0.5, 0.6) is 5.75 Å². The van der Waals surface area contributed by atoms with Crippen LogP contribution in [0.25, 0.3) is 10.8 Å². The number of rotatable bonds is 5. The van der Waals surface area contributed by atoms with Crippen LogP contribution in [0.2, 0.25) is 0 Å². The molecule has 152 valence electrons. The number of aliphatic imine (C=N–C) groups is 1. The molecular formula is C21H25IN6O. The SMILES string of the molecule is I.NC(=NCCOc1cccc2ccccc12)N1CCN(c2ncccn2)CC1. The summed E-state index contributed by atoms with van der Waals surface area (Å²) in [5.41, 5.74) is 6.17. The first kappa shape index (κ1) is 21.1. The molecule has 1 aromatic heterocycles. The van der Waals surface area contributed by atoms with Crippen molar-refractivity contribution in [2.24, 2.45) is 10.7 Å². The predicted octanol–water partition coefficient (Wildman–Crippen LogP) is 2.76. The largest absolute Gasteiger partial charge is 0.491 e. The van der Waals surface area contributed by atoms with E-state index >= 15 is 0 Å². The Balaban J connectivity index is 0.00000240. The van der Waals surface area contributed by atoms with Gasteiger partial charge in [0.15, 0.2) is 5.96 Å². The van der Waals surface area contributed by atoms with Crippen LogP contribution in [0.1, 0.15) is 0 Å². The number of ether oxygens (including phenoxy) is 1. The lowest BCUT2D eigenvalue weighted by atomic mass is 10.1. The Kier molecular flexibility index (Phi) is 7.45. The molecule has 29 heavy (non-hydrogen) atoms. The Bertz CT molecular complexity index is 939. The first-order valence-corrected chi connectivity index (χ1v) is 9.49. The molecule has 7 nitrogen and oxygen atoms in total. The second-order valence-electron chi connectivity index (χ2n) is 6.59. The van der Waals surface area contributed by atoms with Gasteiger partial charge in [-0.25, -0.2) is 15.0 Å². The lowest BCUT2D eigenvalue weighted by Gasteiger charge is -2.35. The molecule has 0 amide bonds. The zero-order valence-electron chi connectivity index (χ0n) is 16.1. The van der Waals surface area contributed by atoms with E-state index in [1.165, 1.54) is 5.39 Å². The molecule has 0 radical (unpaired) electrons. The van der Waals surface area contributed by atoms with Crippen LogP contribution in [0.15, 0.2) is 65.9 Å². The monoisotopic (exact) mass is 504 g/mol. The summed E-state index contributed by atoms with van der Waals surface area (Å²) >= 11 is 0. The fraction of sp³-hybridized carbons (Fsp3) is 0.286. The highest BCUT2D eigenvalue weighted by Gasteiger charge is 2.19. The van der Waals surface area contributed by atoms with E-state index < -0.39 is 0 Å². The van der Waals surface area contributed by atoms with Crippen molar-refractivity contribution < 1.29 is 4.74 Å². The van der Waals surface area contributed by atoms with Gasteiger partial charge in [-0.15, -0.1) is 24.0 Å². The summed E-state index contributed by atoms with van der Waals surface area (Å²) in [4.78, 5) is 17.3. The highest BCUT2D eigenvalue weighted by molar-refractivity contribution is 14.0. The molecule has 0 spiro atoms. The average Bonchev–Trinajstić information content (AvgIpc) is 2.77. The number of hydrogen-bond acceptors (Lipinski definition) is 5. The van der Waals surface area contributed by atoms with Gasteiger partial charge < -0.3 is 20.3 Å². The summed E-state index contributed by atoms with van der Waals surface area (Å²) in [6.45, 7) is 4.28. The average molecular weight is 504 g/mol. The van der Waals surface area contributed by atoms with Crippen molar-refractivity contribution in [1.82, 2.24) is 14.9 Å². The predicted molar refractivity (Wildman–Crippen MR) is 127 cm³/mol. The van der Waals surface area contributed by atoms with Gasteiger partial charge in [0.05, 0.1) is 6.54 Å². The molecule has 3 aromatic rings. The Morgan fingerprint density at radius 2 is 1.69 bits per heavy atom. The Hall–Kier alpha value is -2.62. The number of nitrogens with zero attached hydrogens (tertiary/aromatic N) is 5. The molecule has 0 atom stereocenters. The Morgan fingerprint density at radius 1 is 0.966 bits per heavy atom. The van der Waals surface area contributed by atoms with Gasteiger partial charge >= 0.3 is 0 Å². The van der Waals surface area contributed by atoms with Gasteiger partial charge in [-0.3, -0.25) is 0 Å². The van der Waals surface area contributed by atoms with Crippen LogP contribution >= 0.6 is 24.0 Å². The number of guanidine groups is 1. The van der Waals surface area contributed by atoms with E-state index in [1.807, 2.05) is 30.3 Å². The van der Waals surface area contributed by atoms with Crippen molar-refractivity contribution in [2.75, 3.05) is 44.2 Å². The lowest BCUT2D eigenvalue weighted by molar-refractivity contribution is 0.329. The van der Waals surface area contributed by atoms with Gasteiger partial charge in [0, 0.05) is 44.0 Å². The fourth-order valence-electron chi connectivity index (χ4n) is 3.33. The van der Waals surface area contributed by atoms with E-state index in [2.05, 4.69) is 43.0 Å². The van der Waals surface area contributed by atoms with Crippen molar-refractivity contribution in [3.63, 3.8) is 0 Å². The summed E-state index contributed by atoms with van der Waals surface area (Å²) in [5.74, 6) is 2.21. The first-order chi connectivity index (χ1) is 13.8. The molecule has 1 fully saturated rings. The van der Waals surface area contributed by atoms with Crippen LogP contribution in [0.4, 0.5) is 5.95 Å². The number of fused-ring (bicyclic) bond motifs is 1. The standard InChI is InChI=1S/C21H24N6O.HI/c22-20(26-12-14-27(15-13-26)21-24-9-4-10-25-21)23-11-16-28-19-8-3-6-17-5-1-2-7-18(17)19;/h1-10H,11-16H2,(H2,22,23);1H. The minimum Gasteiger partial charge on any atom is -0.491 e. The number of nitrogens with two attached hydrogens (primary N) is 1. The maximum absolute atomic E-state index is 6.17. The number of aromatic nitrogens is 2. The molecule has 0 aliphatic carbocycles. The molecule has 2 N–H and O–H groups in total. The summed E-state index contributed by atoms with van der Waals surface area (Å²) < 4.78 is 5.93. The van der Waals surface area contributed by atoms with Crippen LogP contribution in [0.3, 0.4) is 0 Å². The van der Waals surface area contributed by atoms with Crippen molar-refractivity contribution in [3.8, 4) is 5.75 Å². The van der Waals surface area contributed by atoms with Crippen molar-refractivity contribution in [2.45, 2.75) is 0 Å². The van der Waals surface area contributed by atoms with Gasteiger partial charge in [0.2, 0.25) is 5.95 Å². The first-order valence-electron chi connectivity index (χ1n) is 9.49. The molecular weight excluding hydrogens is 479 g/mol. The van der Waals surface area contributed by atoms with Crippen molar-refractivity contribution in [3.05, 3.63) is 60.9 Å². The molecule has 0 unspecified atom stereocenters. The lowest BCUT2D eigenvalue weighted by Crippen LogP contribution is -2.51. The number of piperazine rings is 1. The van der Waals surface area contributed by atoms with E-state index in [9.17, 15) is 0 Å². The summed E-state index contributed by atoms with van der Waals surface area (Å²) in [6, 6.07) is 16.1. The molecule has 8 heteroatoms. The van der Waals surface area contributed by atoms with E-state index in [0.29, 0.717) is 19.1 Å². The van der Waals surface area contributed by atoms with E-state index in [0.717, 1.165) is 43.3 Å². The number of hydrogen-bond donors (Lipinski definition) is 1. The van der Waals surface area contributed by atoms with Crippen LogP contribution in [-0.2, 0) is 0 Å². The Labute approximate surface area is 187 Å². The number of anilines is 1. The fourth-order valence-corrected chi connectivity index (χ4v) is 3.33. The molecule has 0 bridgehead atoms. The minimum absolute atomic E-state index is 0. The van der Waals surface area contributed by atoms with Gasteiger partial charge in [-0.05, 0) is 17.5 Å². The second-order valence-corrected chi connectivity index (χ2v) is 6.59. The maximum atomic E-state index is 6.17. The maximum Gasteiger partial charge on any atom is 0.225 e. The number of halogens is 1. The van der Waals surface area contributed by atoms with Crippen LogP contribution < -0.4 is 15.4 Å². The van der Waals surface area contributed by atoms with Gasteiger partial charge in [0.1, 0.15) is 12.4 Å². The smallest absolute Gasteiger partial charge is 0.225 e. The minimum atomic E-state index is 0. The quantitative estimate of drug-likeness (QED) is 0.249. The van der Waals surface area contributed by atoms with Gasteiger partial charge in [0.25, 0.3) is 0 Å². The topological polar surface area (TPSA) is 79.9 Å².